The van der Waals surface area contributed by atoms with E-state index in [4.69, 9.17) is 19.1 Å². The molecule has 2 heterocycles. The fourth-order valence-corrected chi connectivity index (χ4v) is 17.2. The van der Waals surface area contributed by atoms with E-state index < -0.39 is 0 Å². The number of hydrogen-bond acceptors (Lipinski definition) is 0. The Balaban J connectivity index is 0.000000171. The van der Waals surface area contributed by atoms with Crippen molar-refractivity contribution >= 4 is 45.5 Å². The maximum Gasteiger partial charge on any atom is 0.0223 e. The van der Waals surface area contributed by atoms with Crippen molar-refractivity contribution < 1.29 is 33.0 Å². The normalized spacial score (nSPS) is 27.0. The summed E-state index contributed by atoms with van der Waals surface area (Å²) >= 11 is -0.106. The molecule has 48 heavy (non-hydrogen) atoms. The minimum Gasteiger partial charge on any atom is -0.0642 e. The first-order valence-corrected chi connectivity index (χ1v) is 24.9. The molecule has 0 aromatic heterocycles. The van der Waals surface area contributed by atoms with Gasteiger partial charge in [0, 0.05) is 27.4 Å². The molecule has 2 saturated carbocycles. The third-order valence-electron chi connectivity index (χ3n) is 11.6. The Kier molecular flexibility index (Phi) is 15.6. The van der Waals surface area contributed by atoms with E-state index >= 15 is 0 Å². The molecule has 6 heteroatoms. The van der Waals surface area contributed by atoms with Gasteiger partial charge in [0.1, 0.15) is 0 Å². The van der Waals surface area contributed by atoms with E-state index in [1.165, 1.54) is 89.4 Å². The van der Waals surface area contributed by atoms with Crippen LogP contribution in [0.4, 0.5) is 0 Å². The molecule has 2 aliphatic heterocycles. The second-order valence-electron chi connectivity index (χ2n) is 13.8. The fourth-order valence-electron chi connectivity index (χ4n) is 9.80. The average Bonchev–Trinajstić information content (AvgIpc) is 3.98. The van der Waals surface area contributed by atoms with E-state index in [9.17, 15) is 0 Å². The van der Waals surface area contributed by atoms with Gasteiger partial charge in [-0.1, -0.05) is 163 Å². The molecule has 0 nitrogen and oxygen atoms in total. The molecule has 4 atom stereocenters. The smallest absolute Gasteiger partial charge is 0.0223 e. The molecule has 4 fully saturated rings. The topological polar surface area (TPSA) is 0 Å². The predicted octanol–water partition coefficient (Wildman–Crippen LogP) is 12.7. The minimum atomic E-state index is -0.106. The molecule has 4 unspecified atom stereocenters. The van der Waals surface area contributed by atoms with Gasteiger partial charge in [0.15, 0.2) is 0 Å². The van der Waals surface area contributed by atoms with E-state index in [1.54, 1.807) is 21.7 Å². The van der Waals surface area contributed by atoms with Gasteiger partial charge in [-0.05, 0) is 97.3 Å². The van der Waals surface area contributed by atoms with Crippen LogP contribution in [0.25, 0.3) is 0 Å². The van der Waals surface area contributed by atoms with Gasteiger partial charge < -0.3 is 0 Å². The SMILES string of the molecule is [Cl][Pd][Cl].[Fe].c1ccc(P2CCCC2(c2ccccc2)C2CCCC2)cc1.c1ccc(P2CCCC2(c2ccccc2)C2CCCC2)cc1. The molecular formula is C42H50Cl2FeP2Pd. The summed E-state index contributed by atoms with van der Waals surface area (Å²) in [4.78, 5) is 0. The van der Waals surface area contributed by atoms with Gasteiger partial charge in [0.25, 0.3) is 0 Å². The molecule has 0 bridgehead atoms. The Morgan fingerprint density at radius 1 is 0.458 bits per heavy atom. The zero-order valence-electron chi connectivity index (χ0n) is 27.9. The van der Waals surface area contributed by atoms with E-state index in [0.717, 1.165) is 11.8 Å². The Labute approximate surface area is 320 Å². The van der Waals surface area contributed by atoms with Crippen LogP contribution in [0, 0.1) is 11.8 Å². The monoisotopic (exact) mass is 848 g/mol. The Hall–Kier alpha value is -0.498. The number of halogens is 2. The fraction of sp³-hybridized carbons (Fsp3) is 0.429. The van der Waals surface area contributed by atoms with Crippen molar-refractivity contribution in [3.63, 3.8) is 0 Å². The molecule has 0 N–H and O–H groups in total. The minimum absolute atomic E-state index is 0. The molecule has 4 aliphatic rings. The predicted molar refractivity (Wildman–Crippen MR) is 206 cm³/mol. The van der Waals surface area contributed by atoms with Crippen LogP contribution < -0.4 is 10.6 Å². The van der Waals surface area contributed by atoms with E-state index in [1.807, 2.05) is 0 Å². The Morgan fingerprint density at radius 3 is 1.06 bits per heavy atom. The summed E-state index contributed by atoms with van der Waals surface area (Å²) in [5.41, 5.74) is 3.27. The van der Waals surface area contributed by atoms with Crippen LogP contribution in [0.15, 0.2) is 121 Å². The molecule has 4 aromatic rings. The summed E-state index contributed by atoms with van der Waals surface area (Å²) in [5.74, 6) is 1.81. The first kappa shape index (κ1) is 38.7. The van der Waals surface area contributed by atoms with Gasteiger partial charge in [0.05, 0.1) is 0 Å². The van der Waals surface area contributed by atoms with Crippen LogP contribution >= 0.6 is 34.9 Å². The first-order chi connectivity index (χ1) is 23.2. The quantitative estimate of drug-likeness (QED) is 0.134. The molecule has 2 aliphatic carbocycles. The molecule has 0 radical (unpaired) electrons. The third kappa shape index (κ3) is 8.41. The molecule has 0 spiro atoms. The van der Waals surface area contributed by atoms with Gasteiger partial charge in [-0.2, -0.15) is 0 Å². The van der Waals surface area contributed by atoms with Crippen LogP contribution in [-0.4, -0.2) is 12.3 Å². The van der Waals surface area contributed by atoms with E-state index in [2.05, 4.69) is 121 Å². The first-order valence-electron chi connectivity index (χ1n) is 17.8. The van der Waals surface area contributed by atoms with Gasteiger partial charge >= 0.3 is 35.0 Å². The maximum atomic E-state index is 4.81. The van der Waals surface area contributed by atoms with Crippen molar-refractivity contribution in [1.82, 2.24) is 0 Å². The van der Waals surface area contributed by atoms with Gasteiger partial charge in [0.2, 0.25) is 0 Å². The second kappa shape index (κ2) is 19.4. The standard InChI is InChI=1S/2C21H25P.2ClH.Fe.Pd/c2*1-3-10-18(11-4-1)21(19-12-7-8-13-19)16-9-17-22(21)20-14-5-2-6-15-20;;;;/h2*1-6,10-11,14-15,19H,7-9,12-13,16-17H2;2*1H;;/q;;;;;+2/p-2. The van der Waals surface area contributed by atoms with Gasteiger partial charge in [-0.3, -0.25) is 0 Å². The van der Waals surface area contributed by atoms with Crippen molar-refractivity contribution in [2.75, 3.05) is 12.3 Å². The Morgan fingerprint density at radius 2 is 0.750 bits per heavy atom. The summed E-state index contributed by atoms with van der Waals surface area (Å²) in [6.45, 7) is 0. The molecule has 260 valence electrons. The van der Waals surface area contributed by atoms with E-state index in [-0.39, 0.29) is 48.9 Å². The molecule has 4 aromatic carbocycles. The van der Waals surface area contributed by atoms with Crippen molar-refractivity contribution in [1.29, 1.82) is 0 Å². The second-order valence-corrected chi connectivity index (χ2v) is 21.4. The van der Waals surface area contributed by atoms with Crippen molar-refractivity contribution in [3.8, 4) is 0 Å². The molecular weight excluding hydrogens is 800 g/mol. The zero-order valence-corrected chi connectivity index (χ0v) is 33.9. The van der Waals surface area contributed by atoms with Crippen molar-refractivity contribution in [2.45, 2.75) is 87.4 Å². The van der Waals surface area contributed by atoms with Crippen LogP contribution in [0.2, 0.25) is 0 Å². The summed E-state index contributed by atoms with van der Waals surface area (Å²) in [6, 6.07) is 45.9. The largest absolute Gasteiger partial charge is 0.0642 e. The summed E-state index contributed by atoms with van der Waals surface area (Å²) in [7, 11) is 9.48. The Bertz CT molecular complexity index is 1360. The maximum absolute atomic E-state index is 4.81. The zero-order chi connectivity index (χ0) is 32.4. The molecule has 2 saturated heterocycles. The number of rotatable bonds is 6. The van der Waals surface area contributed by atoms with Crippen molar-refractivity contribution in [2.24, 2.45) is 11.8 Å². The third-order valence-corrected chi connectivity index (χ3v) is 18.6. The van der Waals surface area contributed by atoms with Crippen LogP contribution in [-0.2, 0) is 43.3 Å². The number of benzene rings is 4. The number of hydrogen-bond donors (Lipinski definition) is 0. The molecule has 0 amide bonds. The average molecular weight is 850 g/mol. The van der Waals surface area contributed by atoms with Crippen LogP contribution in [0.5, 0.6) is 0 Å². The van der Waals surface area contributed by atoms with Crippen molar-refractivity contribution in [3.05, 3.63) is 132 Å². The van der Waals surface area contributed by atoms with Gasteiger partial charge in [-0.25, -0.2) is 0 Å². The summed E-state index contributed by atoms with van der Waals surface area (Å²) in [5, 5.41) is 4.17. The molecule has 8 rings (SSSR count). The summed E-state index contributed by atoms with van der Waals surface area (Å²) in [6.07, 6.45) is 20.0. The van der Waals surface area contributed by atoms with E-state index in [0.29, 0.717) is 10.3 Å². The summed E-state index contributed by atoms with van der Waals surface area (Å²) < 4.78 is 0. The van der Waals surface area contributed by atoms with Crippen LogP contribution in [0.3, 0.4) is 0 Å². The van der Waals surface area contributed by atoms with Gasteiger partial charge in [-0.15, -0.1) is 0 Å². The van der Waals surface area contributed by atoms with Crippen LogP contribution in [0.1, 0.15) is 88.2 Å².